The Hall–Kier alpha value is -3.33. The maximum absolute atomic E-state index is 12.7. The third-order valence-electron chi connectivity index (χ3n) is 4.44. The fourth-order valence-electron chi connectivity index (χ4n) is 2.98. The molecule has 154 valence electrons. The minimum atomic E-state index is -4.69. The van der Waals surface area contributed by atoms with Crippen LogP contribution in [0.15, 0.2) is 46.9 Å². The monoisotopic (exact) mass is 434 g/mol. The van der Waals surface area contributed by atoms with Crippen molar-refractivity contribution in [2.45, 2.75) is 20.0 Å². The van der Waals surface area contributed by atoms with Gasteiger partial charge in [0.1, 0.15) is 5.52 Å². The van der Waals surface area contributed by atoms with E-state index in [1.807, 2.05) is 6.92 Å². The van der Waals surface area contributed by atoms with Gasteiger partial charge < -0.3 is 9.73 Å². The number of amides is 1. The summed E-state index contributed by atoms with van der Waals surface area (Å²) in [7, 11) is 0. The van der Waals surface area contributed by atoms with E-state index in [0.29, 0.717) is 22.0 Å². The van der Waals surface area contributed by atoms with Crippen LogP contribution in [0.25, 0.3) is 16.8 Å². The minimum absolute atomic E-state index is 0.00819. The highest BCUT2D eigenvalue weighted by molar-refractivity contribution is 6.31. The molecule has 30 heavy (non-hydrogen) atoms. The number of hydrogen-bond acceptors (Lipinski definition) is 4. The fraction of sp³-hybridized carbons (Fsp3) is 0.150. The number of nitrogens with zero attached hydrogens (tertiary/aromatic N) is 3. The zero-order valence-corrected chi connectivity index (χ0v) is 16.5. The molecule has 0 saturated carbocycles. The van der Waals surface area contributed by atoms with Crippen molar-refractivity contribution in [3.8, 4) is 5.69 Å². The Morgan fingerprint density at radius 2 is 1.93 bits per heavy atom. The summed E-state index contributed by atoms with van der Waals surface area (Å²) in [5.74, 6) is -1.78. The summed E-state index contributed by atoms with van der Waals surface area (Å²) >= 11 is 6.19. The molecule has 0 unspecified atom stereocenters. The van der Waals surface area contributed by atoms with Gasteiger partial charge in [-0.05, 0) is 50.2 Å². The van der Waals surface area contributed by atoms with Gasteiger partial charge in [-0.2, -0.15) is 18.3 Å². The van der Waals surface area contributed by atoms with Gasteiger partial charge in [-0.15, -0.1) is 0 Å². The number of aromatic nitrogens is 3. The molecule has 0 bridgehead atoms. The van der Waals surface area contributed by atoms with E-state index in [0.717, 1.165) is 5.69 Å². The lowest BCUT2D eigenvalue weighted by Crippen LogP contribution is -2.12. The number of carbonyl (C=O) groups excluding carboxylic acids is 1. The molecule has 0 fully saturated rings. The van der Waals surface area contributed by atoms with Crippen molar-refractivity contribution in [2.75, 3.05) is 5.32 Å². The van der Waals surface area contributed by atoms with Crippen LogP contribution in [-0.2, 0) is 6.18 Å². The molecule has 10 heteroatoms. The van der Waals surface area contributed by atoms with Gasteiger partial charge in [0.05, 0.1) is 22.1 Å². The maximum Gasteiger partial charge on any atom is 0.468 e. The van der Waals surface area contributed by atoms with Gasteiger partial charge in [-0.25, -0.2) is 9.67 Å². The summed E-state index contributed by atoms with van der Waals surface area (Å²) in [6, 6.07) is 10.8. The molecule has 0 atom stereocenters. The van der Waals surface area contributed by atoms with Crippen molar-refractivity contribution in [2.24, 2.45) is 0 Å². The van der Waals surface area contributed by atoms with E-state index in [4.69, 9.17) is 16.0 Å². The van der Waals surface area contributed by atoms with Crippen LogP contribution < -0.4 is 5.32 Å². The van der Waals surface area contributed by atoms with Crippen LogP contribution in [0.5, 0.6) is 0 Å². The summed E-state index contributed by atoms with van der Waals surface area (Å²) < 4.78 is 44.6. The average Bonchev–Trinajstić information content (AvgIpc) is 3.24. The number of aryl methyl sites for hydroxylation is 1. The van der Waals surface area contributed by atoms with Crippen molar-refractivity contribution < 1.29 is 22.4 Å². The Labute approximate surface area is 173 Å². The molecular formula is C20H14ClF3N4O2. The van der Waals surface area contributed by atoms with E-state index >= 15 is 0 Å². The van der Waals surface area contributed by atoms with Crippen LogP contribution in [0.4, 0.5) is 18.9 Å². The van der Waals surface area contributed by atoms with Gasteiger partial charge in [0, 0.05) is 11.3 Å². The number of alkyl halides is 3. The highest BCUT2D eigenvalue weighted by Crippen LogP contribution is 2.32. The smallest absolute Gasteiger partial charge is 0.433 e. The third kappa shape index (κ3) is 3.63. The SMILES string of the molecule is Cc1nn(-c2cccc(C(=O)Nc3ccc4oc(C(F)(F)F)nc4c3)c2)c(C)c1Cl. The van der Waals surface area contributed by atoms with Gasteiger partial charge in [-0.3, -0.25) is 4.79 Å². The molecule has 0 radical (unpaired) electrons. The summed E-state index contributed by atoms with van der Waals surface area (Å²) in [4.78, 5) is 16.1. The van der Waals surface area contributed by atoms with E-state index in [1.54, 1.807) is 35.9 Å². The van der Waals surface area contributed by atoms with Gasteiger partial charge in [0.25, 0.3) is 5.91 Å². The Bertz CT molecular complexity index is 1280. The minimum Gasteiger partial charge on any atom is -0.433 e. The number of nitrogens with one attached hydrogen (secondary N) is 1. The number of anilines is 1. The van der Waals surface area contributed by atoms with E-state index < -0.39 is 18.0 Å². The van der Waals surface area contributed by atoms with Gasteiger partial charge in [0.2, 0.25) is 0 Å². The number of fused-ring (bicyclic) bond motifs is 1. The summed E-state index contributed by atoms with van der Waals surface area (Å²) in [5, 5.41) is 7.56. The maximum atomic E-state index is 12.7. The molecule has 2 aromatic heterocycles. The lowest BCUT2D eigenvalue weighted by molar-refractivity contribution is -0.156. The van der Waals surface area contributed by atoms with Crippen LogP contribution in [0.2, 0.25) is 5.02 Å². The standard InChI is InChI=1S/C20H14ClF3N4O2/c1-10-17(21)11(2)28(27-10)14-5-3-4-12(8-14)18(29)25-13-6-7-16-15(9-13)26-19(30-16)20(22,23)24/h3-9H,1-2H3,(H,25,29). The van der Waals surface area contributed by atoms with Crippen molar-refractivity contribution in [3.63, 3.8) is 0 Å². The predicted molar refractivity (Wildman–Crippen MR) is 105 cm³/mol. The summed E-state index contributed by atoms with van der Waals surface area (Å²) in [6.45, 7) is 3.60. The lowest BCUT2D eigenvalue weighted by atomic mass is 10.1. The first-order chi connectivity index (χ1) is 14.1. The molecule has 1 N–H and O–H groups in total. The normalized spacial score (nSPS) is 11.8. The van der Waals surface area contributed by atoms with E-state index in [2.05, 4.69) is 15.4 Å². The first kappa shape index (κ1) is 20.0. The van der Waals surface area contributed by atoms with Crippen LogP contribution in [0.1, 0.15) is 27.6 Å². The molecule has 4 aromatic rings. The zero-order valence-electron chi connectivity index (χ0n) is 15.7. The lowest BCUT2D eigenvalue weighted by Gasteiger charge is -2.08. The van der Waals surface area contributed by atoms with Gasteiger partial charge in [-0.1, -0.05) is 17.7 Å². The number of halogens is 4. The molecule has 0 spiro atoms. The molecule has 4 rings (SSSR count). The molecule has 0 aliphatic heterocycles. The largest absolute Gasteiger partial charge is 0.468 e. The molecule has 0 saturated heterocycles. The van der Waals surface area contributed by atoms with Crippen LogP contribution >= 0.6 is 11.6 Å². The van der Waals surface area contributed by atoms with E-state index in [9.17, 15) is 18.0 Å². The Balaban J connectivity index is 1.60. The molecule has 0 aliphatic carbocycles. The molecule has 0 aliphatic rings. The highest BCUT2D eigenvalue weighted by Gasteiger charge is 2.37. The highest BCUT2D eigenvalue weighted by atomic mass is 35.5. The Morgan fingerprint density at radius 3 is 2.60 bits per heavy atom. The number of benzene rings is 2. The molecular weight excluding hydrogens is 421 g/mol. The second-order valence-electron chi connectivity index (χ2n) is 6.60. The van der Waals surface area contributed by atoms with E-state index in [1.165, 1.54) is 18.2 Å². The Morgan fingerprint density at radius 1 is 1.17 bits per heavy atom. The second-order valence-corrected chi connectivity index (χ2v) is 6.98. The topological polar surface area (TPSA) is 73.0 Å². The third-order valence-corrected chi connectivity index (χ3v) is 4.99. The van der Waals surface area contributed by atoms with Crippen LogP contribution in [-0.4, -0.2) is 20.7 Å². The molecule has 2 heterocycles. The Kier molecular flexibility index (Phi) is 4.77. The fourth-order valence-corrected chi connectivity index (χ4v) is 3.10. The van der Waals surface area contributed by atoms with Crippen molar-refractivity contribution in [1.82, 2.24) is 14.8 Å². The zero-order chi connectivity index (χ0) is 21.6. The number of oxazole rings is 1. The van der Waals surface area contributed by atoms with Crippen LogP contribution in [0, 0.1) is 13.8 Å². The molecule has 1 amide bonds. The average molecular weight is 435 g/mol. The first-order valence-electron chi connectivity index (χ1n) is 8.75. The second kappa shape index (κ2) is 7.17. The number of rotatable bonds is 3. The van der Waals surface area contributed by atoms with Gasteiger partial charge in [0.15, 0.2) is 5.58 Å². The van der Waals surface area contributed by atoms with Crippen LogP contribution in [0.3, 0.4) is 0 Å². The predicted octanol–water partition coefficient (Wildman–Crippen LogP) is 5.55. The summed E-state index contributed by atoms with van der Waals surface area (Å²) in [6.07, 6.45) is -4.69. The number of hydrogen-bond donors (Lipinski definition) is 1. The summed E-state index contributed by atoms with van der Waals surface area (Å²) in [5.41, 5.74) is 2.65. The van der Waals surface area contributed by atoms with Crippen molar-refractivity contribution in [3.05, 3.63) is 70.3 Å². The molecule has 6 nitrogen and oxygen atoms in total. The van der Waals surface area contributed by atoms with Gasteiger partial charge >= 0.3 is 12.1 Å². The van der Waals surface area contributed by atoms with E-state index in [-0.39, 0.29) is 16.8 Å². The quantitative estimate of drug-likeness (QED) is 0.458. The van der Waals surface area contributed by atoms with Crippen molar-refractivity contribution in [1.29, 1.82) is 0 Å². The first-order valence-corrected chi connectivity index (χ1v) is 9.12. The number of carbonyl (C=O) groups is 1. The molecule has 2 aromatic carbocycles. The van der Waals surface area contributed by atoms with Crippen molar-refractivity contribution >= 4 is 34.3 Å².